The molecular weight excluding hydrogens is 504 g/mol. The highest BCUT2D eigenvalue weighted by atomic mass is 16.4. The molecule has 8 heteroatoms. The summed E-state index contributed by atoms with van der Waals surface area (Å²) in [4.78, 5) is 45.4. The molecule has 8 nitrogen and oxygen atoms in total. The number of amides is 2. The van der Waals surface area contributed by atoms with E-state index in [0.717, 1.165) is 16.0 Å². The highest BCUT2D eigenvalue weighted by molar-refractivity contribution is 5.94. The Bertz CT molecular complexity index is 1590. The van der Waals surface area contributed by atoms with Crippen molar-refractivity contribution in [2.24, 2.45) is 0 Å². The number of fused-ring (bicyclic) bond motifs is 1. The fourth-order valence-corrected chi connectivity index (χ4v) is 5.16. The maximum absolute atomic E-state index is 14.0. The van der Waals surface area contributed by atoms with E-state index in [4.69, 9.17) is 0 Å². The average molecular weight is 535 g/mol. The van der Waals surface area contributed by atoms with E-state index in [1.165, 1.54) is 10.8 Å². The third-order valence-electron chi connectivity index (χ3n) is 7.20. The van der Waals surface area contributed by atoms with E-state index in [0.29, 0.717) is 24.4 Å². The van der Waals surface area contributed by atoms with E-state index in [1.807, 2.05) is 85.8 Å². The Morgan fingerprint density at radius 2 is 1.65 bits per heavy atom. The average Bonchev–Trinajstić information content (AvgIpc) is 3.27. The number of benzene rings is 3. The standard InChI is InChI=1S/C32H30N4O4/c1-32(19-11-16-23-12-5-2-6-13-23)20-26(28(37)34-25-17-9-4-10-18-25)36-29(38)27(21-33-30(32)36)35(31(39)40)22-24-14-7-3-8-15-24/h2-18,21,26H,19-20,22H2,1H3,(H,34,37)(H,39,40)/b16-11+/t26-,32+/m0/s1. The first-order valence-corrected chi connectivity index (χ1v) is 13.1. The van der Waals surface area contributed by atoms with E-state index in [1.54, 1.807) is 24.3 Å². The molecule has 1 aliphatic heterocycles. The van der Waals surface area contributed by atoms with E-state index >= 15 is 0 Å². The minimum Gasteiger partial charge on any atom is -0.465 e. The number of anilines is 2. The van der Waals surface area contributed by atoms with Crippen LogP contribution >= 0.6 is 0 Å². The lowest BCUT2D eigenvalue weighted by Gasteiger charge is -2.23. The highest BCUT2D eigenvalue weighted by Gasteiger charge is 2.45. The molecule has 202 valence electrons. The molecule has 4 aromatic rings. The second-order valence-electron chi connectivity index (χ2n) is 10.1. The summed E-state index contributed by atoms with van der Waals surface area (Å²) in [6.07, 6.45) is 4.95. The van der Waals surface area contributed by atoms with Crippen LogP contribution in [0.5, 0.6) is 0 Å². The van der Waals surface area contributed by atoms with Crippen LogP contribution in [0.2, 0.25) is 0 Å². The zero-order chi connectivity index (χ0) is 28.1. The summed E-state index contributed by atoms with van der Waals surface area (Å²) < 4.78 is 1.38. The fraction of sp³-hybridized carbons (Fsp3) is 0.188. The molecule has 0 radical (unpaired) electrons. The van der Waals surface area contributed by atoms with Gasteiger partial charge in [0.1, 0.15) is 17.6 Å². The normalized spacial score (nSPS) is 17.9. The molecule has 0 spiro atoms. The third-order valence-corrected chi connectivity index (χ3v) is 7.20. The lowest BCUT2D eigenvalue weighted by molar-refractivity contribution is -0.119. The molecule has 0 saturated heterocycles. The van der Waals surface area contributed by atoms with Gasteiger partial charge in [0.2, 0.25) is 5.91 Å². The van der Waals surface area contributed by atoms with Crippen LogP contribution in [-0.2, 0) is 16.8 Å². The van der Waals surface area contributed by atoms with Crippen LogP contribution in [0.1, 0.15) is 42.8 Å². The number of hydrogen-bond donors (Lipinski definition) is 2. The van der Waals surface area contributed by atoms with Gasteiger partial charge >= 0.3 is 6.09 Å². The summed E-state index contributed by atoms with van der Waals surface area (Å²) in [5.41, 5.74) is 1.09. The van der Waals surface area contributed by atoms with Gasteiger partial charge < -0.3 is 10.4 Å². The summed E-state index contributed by atoms with van der Waals surface area (Å²) in [6.45, 7) is 1.96. The molecule has 5 rings (SSSR count). The van der Waals surface area contributed by atoms with E-state index in [-0.39, 0.29) is 18.1 Å². The highest BCUT2D eigenvalue weighted by Crippen LogP contribution is 2.42. The smallest absolute Gasteiger partial charge is 0.412 e. The number of nitrogens with one attached hydrogen (secondary N) is 1. The van der Waals surface area contributed by atoms with Gasteiger partial charge in [-0.05, 0) is 36.1 Å². The number of allylic oxidation sites excluding steroid dienone is 1. The van der Waals surface area contributed by atoms with Gasteiger partial charge in [-0.1, -0.05) is 97.9 Å². The fourth-order valence-electron chi connectivity index (χ4n) is 5.16. The van der Waals surface area contributed by atoms with Crippen LogP contribution in [0.4, 0.5) is 16.2 Å². The molecule has 40 heavy (non-hydrogen) atoms. The van der Waals surface area contributed by atoms with Gasteiger partial charge in [-0.2, -0.15) is 0 Å². The topological polar surface area (TPSA) is 105 Å². The van der Waals surface area contributed by atoms with Crippen molar-refractivity contribution in [3.8, 4) is 0 Å². The summed E-state index contributed by atoms with van der Waals surface area (Å²) in [6, 6.07) is 27.1. The number of aromatic nitrogens is 2. The third kappa shape index (κ3) is 5.56. The molecule has 0 bridgehead atoms. The molecule has 1 aromatic heterocycles. The number of carboxylic acid groups (broad SMARTS) is 1. The van der Waals surface area contributed by atoms with Crippen molar-refractivity contribution >= 4 is 29.5 Å². The Kier molecular flexibility index (Phi) is 7.59. The first-order chi connectivity index (χ1) is 19.4. The summed E-state index contributed by atoms with van der Waals surface area (Å²) in [5.74, 6) is 0.103. The minimum absolute atomic E-state index is 0.0234. The number of para-hydroxylation sites is 1. The van der Waals surface area contributed by atoms with Crippen molar-refractivity contribution in [1.82, 2.24) is 9.55 Å². The maximum atomic E-state index is 14.0. The Balaban J connectivity index is 1.53. The van der Waals surface area contributed by atoms with Crippen LogP contribution in [0.25, 0.3) is 6.08 Å². The lowest BCUT2D eigenvalue weighted by atomic mass is 9.82. The van der Waals surface area contributed by atoms with E-state index in [9.17, 15) is 19.5 Å². The molecule has 2 amide bonds. The largest absolute Gasteiger partial charge is 0.465 e. The van der Waals surface area contributed by atoms with Crippen molar-refractivity contribution < 1.29 is 14.7 Å². The lowest BCUT2D eigenvalue weighted by Crippen LogP contribution is -2.38. The summed E-state index contributed by atoms with van der Waals surface area (Å²) >= 11 is 0. The second-order valence-corrected chi connectivity index (χ2v) is 10.1. The van der Waals surface area contributed by atoms with Crippen molar-refractivity contribution in [2.45, 2.75) is 37.8 Å². The van der Waals surface area contributed by atoms with Gasteiger partial charge in [-0.15, -0.1) is 0 Å². The molecule has 2 N–H and O–H groups in total. The molecule has 0 saturated carbocycles. The van der Waals surface area contributed by atoms with Crippen LogP contribution in [0.15, 0.2) is 108 Å². The Morgan fingerprint density at radius 3 is 2.30 bits per heavy atom. The van der Waals surface area contributed by atoms with E-state index < -0.39 is 23.1 Å². The summed E-state index contributed by atoms with van der Waals surface area (Å²) in [7, 11) is 0. The number of carbonyl (C=O) groups is 2. The van der Waals surface area contributed by atoms with Gasteiger partial charge in [0.25, 0.3) is 5.56 Å². The summed E-state index contributed by atoms with van der Waals surface area (Å²) in [5, 5.41) is 12.9. The minimum atomic E-state index is -1.28. The van der Waals surface area contributed by atoms with Gasteiger partial charge in [-0.3, -0.25) is 19.1 Å². The molecule has 0 fully saturated rings. The predicted molar refractivity (Wildman–Crippen MR) is 155 cm³/mol. The molecule has 0 aliphatic carbocycles. The van der Waals surface area contributed by atoms with Gasteiger partial charge in [-0.25, -0.2) is 9.78 Å². The molecule has 2 atom stereocenters. The van der Waals surface area contributed by atoms with Crippen LogP contribution in [0.3, 0.4) is 0 Å². The number of hydrogen-bond acceptors (Lipinski definition) is 4. The Hall–Kier alpha value is -4.98. The quantitative estimate of drug-likeness (QED) is 0.294. The molecular formula is C32H30N4O4. The van der Waals surface area contributed by atoms with Crippen LogP contribution in [0, 0.1) is 0 Å². The predicted octanol–water partition coefficient (Wildman–Crippen LogP) is 5.87. The Labute approximate surface area is 232 Å². The van der Waals surface area contributed by atoms with Crippen molar-refractivity contribution in [3.05, 3.63) is 131 Å². The SMILES string of the molecule is C[C@@]1(C/C=C/c2ccccc2)C[C@@H](C(=O)Nc2ccccc2)n2c1ncc(N(Cc1ccccc1)C(=O)O)c2=O. The first kappa shape index (κ1) is 26.6. The van der Waals surface area contributed by atoms with Gasteiger partial charge in [0.05, 0.1) is 12.7 Å². The number of rotatable bonds is 8. The molecule has 2 heterocycles. The zero-order valence-corrected chi connectivity index (χ0v) is 22.1. The second kappa shape index (κ2) is 11.4. The van der Waals surface area contributed by atoms with Crippen LogP contribution in [-0.4, -0.2) is 26.7 Å². The van der Waals surface area contributed by atoms with Gasteiger partial charge in [0.15, 0.2) is 0 Å². The number of nitrogens with zero attached hydrogens (tertiary/aromatic N) is 3. The number of carbonyl (C=O) groups excluding carboxylic acids is 1. The molecule has 1 aliphatic rings. The molecule has 3 aromatic carbocycles. The van der Waals surface area contributed by atoms with Crippen molar-refractivity contribution in [1.29, 1.82) is 0 Å². The monoisotopic (exact) mass is 534 g/mol. The van der Waals surface area contributed by atoms with E-state index in [2.05, 4.69) is 10.3 Å². The first-order valence-electron chi connectivity index (χ1n) is 13.1. The van der Waals surface area contributed by atoms with Crippen molar-refractivity contribution in [2.75, 3.05) is 10.2 Å². The van der Waals surface area contributed by atoms with Crippen molar-refractivity contribution in [3.63, 3.8) is 0 Å². The zero-order valence-electron chi connectivity index (χ0n) is 22.1. The Morgan fingerprint density at radius 1 is 1.02 bits per heavy atom. The van der Waals surface area contributed by atoms with Gasteiger partial charge in [0, 0.05) is 11.1 Å². The maximum Gasteiger partial charge on any atom is 0.412 e. The van der Waals surface area contributed by atoms with Crippen LogP contribution < -0.4 is 15.8 Å². The molecule has 0 unspecified atom stereocenters.